The zero-order chi connectivity index (χ0) is 15.2. The summed E-state index contributed by atoms with van der Waals surface area (Å²) >= 11 is 0. The Hall–Kier alpha value is -2.17. The summed E-state index contributed by atoms with van der Waals surface area (Å²) in [5.41, 5.74) is 1.34. The summed E-state index contributed by atoms with van der Waals surface area (Å²) in [6.07, 6.45) is 0.836. The Morgan fingerprint density at radius 2 is 1.82 bits per heavy atom. The van der Waals surface area contributed by atoms with Crippen LogP contribution in [0.15, 0.2) is 54.6 Å². The summed E-state index contributed by atoms with van der Waals surface area (Å²) in [6.45, 7) is 2.52. The summed E-state index contributed by atoms with van der Waals surface area (Å²) < 4.78 is 17.6. The van der Waals surface area contributed by atoms with Gasteiger partial charge in [0.1, 0.15) is 5.75 Å². The molecule has 0 radical (unpaired) electrons. The lowest BCUT2D eigenvalue weighted by molar-refractivity contribution is -0.0473. The largest absolute Gasteiger partial charge is 0.449 e. The Morgan fingerprint density at radius 1 is 1.09 bits per heavy atom. The smallest absolute Gasteiger partial charge is 0.338 e. The SMILES string of the molecule is CCCOC12OC1(C(=O)c1ccccc1)Oc1ccccc12. The fourth-order valence-electron chi connectivity index (χ4n) is 2.95. The first-order chi connectivity index (χ1) is 10.7. The van der Waals surface area contributed by atoms with Gasteiger partial charge in [-0.15, -0.1) is 0 Å². The van der Waals surface area contributed by atoms with Crippen molar-refractivity contribution in [3.05, 3.63) is 65.7 Å². The van der Waals surface area contributed by atoms with E-state index in [9.17, 15) is 4.79 Å². The third kappa shape index (κ3) is 1.62. The number of fused-ring (bicyclic) bond motifs is 3. The minimum atomic E-state index is -1.38. The molecule has 2 aromatic carbocycles. The molecule has 4 nitrogen and oxygen atoms in total. The number of para-hydroxylation sites is 1. The van der Waals surface area contributed by atoms with Crippen LogP contribution in [0.4, 0.5) is 0 Å². The second-order valence-electron chi connectivity index (χ2n) is 5.48. The summed E-state index contributed by atoms with van der Waals surface area (Å²) in [5, 5.41) is 0. The Morgan fingerprint density at radius 3 is 2.59 bits per heavy atom. The first-order valence-corrected chi connectivity index (χ1v) is 7.46. The van der Waals surface area contributed by atoms with Gasteiger partial charge >= 0.3 is 5.79 Å². The predicted octanol–water partition coefficient (Wildman–Crippen LogP) is 3.27. The monoisotopic (exact) mass is 296 g/mol. The highest BCUT2D eigenvalue weighted by atomic mass is 16.9. The van der Waals surface area contributed by atoms with Crippen molar-refractivity contribution in [2.75, 3.05) is 6.61 Å². The van der Waals surface area contributed by atoms with Gasteiger partial charge in [0.2, 0.25) is 5.78 Å². The van der Waals surface area contributed by atoms with Crippen molar-refractivity contribution in [1.82, 2.24) is 0 Å². The van der Waals surface area contributed by atoms with Crippen molar-refractivity contribution >= 4 is 5.78 Å². The molecular formula is C18H16O4. The molecule has 4 heteroatoms. The fourth-order valence-corrected chi connectivity index (χ4v) is 2.95. The molecule has 2 atom stereocenters. The molecule has 2 aliphatic heterocycles. The number of ether oxygens (including phenoxy) is 3. The summed E-state index contributed by atoms with van der Waals surface area (Å²) in [6, 6.07) is 16.5. The number of rotatable bonds is 5. The van der Waals surface area contributed by atoms with Gasteiger partial charge in [0, 0.05) is 5.56 Å². The van der Waals surface area contributed by atoms with E-state index in [2.05, 4.69) is 0 Å². The van der Waals surface area contributed by atoms with E-state index in [0.29, 0.717) is 17.9 Å². The lowest BCUT2D eigenvalue weighted by Crippen LogP contribution is -2.35. The van der Waals surface area contributed by atoms with Crippen LogP contribution in [-0.2, 0) is 15.3 Å². The summed E-state index contributed by atoms with van der Waals surface area (Å²) in [4.78, 5) is 12.9. The van der Waals surface area contributed by atoms with Crippen LogP contribution in [0.1, 0.15) is 29.3 Å². The third-order valence-electron chi connectivity index (χ3n) is 4.02. The number of hydrogen-bond acceptors (Lipinski definition) is 4. The number of Topliss-reactive ketones (excluding diaryl/α,β-unsaturated/α-hetero) is 1. The highest BCUT2D eigenvalue weighted by Crippen LogP contribution is 2.65. The molecule has 0 bridgehead atoms. The van der Waals surface area contributed by atoms with E-state index in [4.69, 9.17) is 14.2 Å². The van der Waals surface area contributed by atoms with Gasteiger partial charge in [-0.1, -0.05) is 49.4 Å². The van der Waals surface area contributed by atoms with Crippen LogP contribution in [-0.4, -0.2) is 18.2 Å². The van der Waals surface area contributed by atoms with Crippen molar-refractivity contribution in [3.8, 4) is 5.75 Å². The Bertz CT molecular complexity index is 727. The van der Waals surface area contributed by atoms with E-state index in [1.807, 2.05) is 49.4 Å². The van der Waals surface area contributed by atoms with Crippen LogP contribution in [0.25, 0.3) is 0 Å². The fraction of sp³-hybridized carbons (Fsp3) is 0.278. The molecule has 4 rings (SSSR count). The minimum absolute atomic E-state index is 0.208. The predicted molar refractivity (Wildman–Crippen MR) is 79.6 cm³/mol. The van der Waals surface area contributed by atoms with Gasteiger partial charge in [-0.2, -0.15) is 0 Å². The maximum atomic E-state index is 12.9. The summed E-state index contributed by atoms with van der Waals surface area (Å²) in [7, 11) is 0. The molecule has 0 spiro atoms. The lowest BCUT2D eigenvalue weighted by Gasteiger charge is -2.11. The molecular weight excluding hydrogens is 280 g/mol. The standard InChI is InChI=1S/C18H16O4/c1-2-12-20-17-14-10-6-7-11-15(14)21-18(17,22-17)16(19)13-8-4-3-5-9-13/h3-11H,2,12H2,1H3. The van der Waals surface area contributed by atoms with Gasteiger partial charge in [0.25, 0.3) is 5.79 Å². The maximum absolute atomic E-state index is 12.9. The van der Waals surface area contributed by atoms with Crippen LogP contribution in [0.3, 0.4) is 0 Å². The quantitative estimate of drug-likeness (QED) is 0.627. The van der Waals surface area contributed by atoms with Crippen LogP contribution >= 0.6 is 0 Å². The Kier molecular flexibility index (Phi) is 2.86. The molecule has 0 amide bonds. The molecule has 2 aliphatic rings. The second kappa shape index (κ2) is 4.66. The van der Waals surface area contributed by atoms with Crippen molar-refractivity contribution < 1.29 is 19.0 Å². The number of carbonyl (C=O) groups is 1. The minimum Gasteiger partial charge on any atom is -0.449 e. The van der Waals surface area contributed by atoms with Gasteiger partial charge < -0.3 is 9.47 Å². The van der Waals surface area contributed by atoms with Gasteiger partial charge in [-0.25, -0.2) is 0 Å². The summed E-state index contributed by atoms with van der Waals surface area (Å²) in [5.74, 6) is -2.05. The number of epoxide rings is 1. The molecule has 112 valence electrons. The number of ketones is 1. The average Bonchev–Trinajstić information content (AvgIpc) is 3.15. The highest BCUT2D eigenvalue weighted by Gasteiger charge is 2.84. The van der Waals surface area contributed by atoms with Crippen LogP contribution in [0.5, 0.6) is 5.75 Å². The molecule has 1 saturated heterocycles. The zero-order valence-corrected chi connectivity index (χ0v) is 12.2. The van der Waals surface area contributed by atoms with Gasteiger partial charge in [0.15, 0.2) is 0 Å². The van der Waals surface area contributed by atoms with Crippen LogP contribution < -0.4 is 4.74 Å². The van der Waals surface area contributed by atoms with E-state index >= 15 is 0 Å². The van der Waals surface area contributed by atoms with Crippen LogP contribution in [0.2, 0.25) is 0 Å². The topological polar surface area (TPSA) is 48.1 Å². The zero-order valence-electron chi connectivity index (χ0n) is 12.2. The molecule has 0 N–H and O–H groups in total. The second-order valence-corrected chi connectivity index (χ2v) is 5.48. The first-order valence-electron chi connectivity index (χ1n) is 7.46. The van der Waals surface area contributed by atoms with Gasteiger partial charge in [-0.05, 0) is 18.6 Å². The van der Waals surface area contributed by atoms with Crippen molar-refractivity contribution in [2.45, 2.75) is 24.9 Å². The van der Waals surface area contributed by atoms with Crippen molar-refractivity contribution in [3.63, 3.8) is 0 Å². The lowest BCUT2D eigenvalue weighted by atomic mass is 9.99. The molecule has 22 heavy (non-hydrogen) atoms. The first kappa shape index (κ1) is 13.5. The van der Waals surface area contributed by atoms with Crippen molar-refractivity contribution in [1.29, 1.82) is 0 Å². The normalized spacial score (nSPS) is 27.7. The van der Waals surface area contributed by atoms with Crippen LogP contribution in [0, 0.1) is 0 Å². The number of carbonyl (C=O) groups excluding carboxylic acids is 1. The van der Waals surface area contributed by atoms with E-state index in [-0.39, 0.29) is 5.78 Å². The average molecular weight is 296 g/mol. The van der Waals surface area contributed by atoms with Gasteiger partial charge in [-0.3, -0.25) is 9.53 Å². The Balaban J connectivity index is 1.76. The number of benzene rings is 2. The molecule has 0 saturated carbocycles. The van der Waals surface area contributed by atoms with E-state index in [0.717, 1.165) is 12.0 Å². The van der Waals surface area contributed by atoms with Gasteiger partial charge in [0.05, 0.1) is 12.2 Å². The molecule has 1 fully saturated rings. The number of hydrogen-bond donors (Lipinski definition) is 0. The van der Waals surface area contributed by atoms with E-state index in [1.54, 1.807) is 12.1 Å². The van der Waals surface area contributed by atoms with E-state index in [1.165, 1.54) is 0 Å². The molecule has 2 heterocycles. The molecule has 0 aromatic heterocycles. The van der Waals surface area contributed by atoms with Crippen molar-refractivity contribution in [2.24, 2.45) is 0 Å². The maximum Gasteiger partial charge on any atom is 0.338 e. The van der Waals surface area contributed by atoms with E-state index < -0.39 is 11.6 Å². The molecule has 2 unspecified atom stereocenters. The molecule has 0 aliphatic carbocycles. The highest BCUT2D eigenvalue weighted by molar-refractivity contribution is 6.05. The Labute approximate surface area is 128 Å². The third-order valence-corrected chi connectivity index (χ3v) is 4.02. The molecule has 2 aromatic rings.